The molecule has 158 valence electrons. The van der Waals surface area contributed by atoms with Crippen molar-refractivity contribution in [2.45, 2.75) is 26.5 Å². The summed E-state index contributed by atoms with van der Waals surface area (Å²) in [6, 6.07) is 18.0. The van der Waals surface area contributed by atoms with Crippen LogP contribution in [0.15, 0.2) is 60.7 Å². The molecule has 0 fully saturated rings. The highest BCUT2D eigenvalue weighted by Gasteiger charge is 2.12. The van der Waals surface area contributed by atoms with Crippen molar-refractivity contribution in [2.24, 2.45) is 0 Å². The Morgan fingerprint density at radius 3 is 2.27 bits per heavy atom. The van der Waals surface area contributed by atoms with E-state index in [-0.39, 0.29) is 5.82 Å². The van der Waals surface area contributed by atoms with E-state index in [0.717, 1.165) is 11.1 Å². The third kappa shape index (κ3) is 6.11. The third-order valence-electron chi connectivity index (χ3n) is 4.60. The van der Waals surface area contributed by atoms with Crippen LogP contribution in [-0.2, 0) is 19.6 Å². The van der Waals surface area contributed by atoms with E-state index >= 15 is 0 Å². The average Bonchev–Trinajstić information content (AvgIpc) is 2.74. The minimum Gasteiger partial charge on any atom is -0.490 e. The molecule has 1 N–H and O–H groups in total. The smallest absolute Gasteiger partial charge is 0.163 e. The fraction of sp³-hybridized carbons (Fsp3) is 0.250. The fourth-order valence-electron chi connectivity index (χ4n) is 3.01. The number of hydrogen-bond donors (Lipinski definition) is 1. The maximum Gasteiger partial charge on any atom is 0.163 e. The molecule has 0 saturated carbocycles. The Morgan fingerprint density at radius 2 is 1.53 bits per heavy atom. The average molecular weight is 448 g/mol. The molecular weight excluding hydrogens is 424 g/mol. The summed E-state index contributed by atoms with van der Waals surface area (Å²) in [5, 5.41) is 4.53. The lowest BCUT2D eigenvalue weighted by Crippen LogP contribution is -2.17. The first-order valence-corrected chi connectivity index (χ1v) is 10.6. The van der Waals surface area contributed by atoms with Gasteiger partial charge < -0.3 is 14.8 Å². The fourth-order valence-corrected chi connectivity index (χ4v) is 3.42. The predicted molar refractivity (Wildman–Crippen MR) is 120 cm³/mol. The van der Waals surface area contributed by atoms with Gasteiger partial charge in [-0.25, -0.2) is 4.39 Å². The molecule has 0 spiro atoms. The lowest BCUT2D eigenvalue weighted by atomic mass is 10.1. The number of ether oxygens (including phenoxy) is 2. The van der Waals surface area contributed by atoms with E-state index in [1.807, 2.05) is 43.3 Å². The van der Waals surface area contributed by atoms with E-state index in [0.29, 0.717) is 59.8 Å². The molecule has 6 heteroatoms. The van der Waals surface area contributed by atoms with Crippen LogP contribution in [-0.4, -0.2) is 13.2 Å². The Hall–Kier alpha value is -2.27. The van der Waals surface area contributed by atoms with Crippen LogP contribution in [0.2, 0.25) is 10.0 Å². The zero-order chi connectivity index (χ0) is 21.3. The van der Waals surface area contributed by atoms with E-state index < -0.39 is 0 Å². The van der Waals surface area contributed by atoms with Gasteiger partial charge in [0, 0.05) is 28.2 Å². The van der Waals surface area contributed by atoms with E-state index in [9.17, 15) is 4.39 Å². The molecule has 0 aliphatic carbocycles. The quantitative estimate of drug-likeness (QED) is 0.362. The van der Waals surface area contributed by atoms with Crippen molar-refractivity contribution in [3.63, 3.8) is 0 Å². The molecule has 3 rings (SSSR count). The van der Waals surface area contributed by atoms with E-state index in [1.54, 1.807) is 18.2 Å². The molecule has 3 aromatic carbocycles. The number of halogens is 3. The minimum absolute atomic E-state index is 0.184. The summed E-state index contributed by atoms with van der Waals surface area (Å²) < 4.78 is 25.4. The Kier molecular flexibility index (Phi) is 8.38. The van der Waals surface area contributed by atoms with Crippen LogP contribution in [0, 0.1) is 5.82 Å². The van der Waals surface area contributed by atoms with Gasteiger partial charge in [-0.05, 0) is 49.2 Å². The molecule has 0 unspecified atom stereocenters. The predicted octanol–water partition coefficient (Wildman–Crippen LogP) is 6.44. The SMILES string of the molecule is CCOc1cc(CNCCc2ccccc2F)c(Cl)cc1OCc1ccccc1Cl. The van der Waals surface area contributed by atoms with Crippen LogP contribution >= 0.6 is 23.2 Å². The van der Waals surface area contributed by atoms with Crippen molar-refractivity contribution in [1.29, 1.82) is 0 Å². The molecule has 0 aromatic heterocycles. The molecule has 0 bridgehead atoms. The van der Waals surface area contributed by atoms with Gasteiger partial charge >= 0.3 is 0 Å². The highest BCUT2D eigenvalue weighted by atomic mass is 35.5. The van der Waals surface area contributed by atoms with Gasteiger partial charge in [0.2, 0.25) is 0 Å². The van der Waals surface area contributed by atoms with Gasteiger partial charge in [0.1, 0.15) is 12.4 Å². The summed E-state index contributed by atoms with van der Waals surface area (Å²) in [5.41, 5.74) is 2.46. The largest absolute Gasteiger partial charge is 0.490 e. The van der Waals surface area contributed by atoms with Crippen molar-refractivity contribution in [1.82, 2.24) is 5.32 Å². The van der Waals surface area contributed by atoms with Crippen LogP contribution in [0.5, 0.6) is 11.5 Å². The summed E-state index contributed by atoms with van der Waals surface area (Å²) in [5.74, 6) is 1.01. The molecule has 0 aliphatic rings. The van der Waals surface area contributed by atoms with Crippen LogP contribution in [0.3, 0.4) is 0 Å². The van der Waals surface area contributed by atoms with E-state index in [2.05, 4.69) is 5.32 Å². The highest BCUT2D eigenvalue weighted by molar-refractivity contribution is 6.31. The van der Waals surface area contributed by atoms with Gasteiger partial charge in [-0.15, -0.1) is 0 Å². The number of nitrogens with one attached hydrogen (secondary N) is 1. The topological polar surface area (TPSA) is 30.5 Å². The van der Waals surface area contributed by atoms with Crippen molar-refractivity contribution in [2.75, 3.05) is 13.2 Å². The molecule has 0 aliphatic heterocycles. The summed E-state index contributed by atoms with van der Waals surface area (Å²) in [6.07, 6.45) is 0.599. The molecule has 0 atom stereocenters. The molecule has 0 amide bonds. The van der Waals surface area contributed by atoms with Crippen LogP contribution in [0.25, 0.3) is 0 Å². The zero-order valence-electron chi connectivity index (χ0n) is 16.8. The first-order valence-electron chi connectivity index (χ1n) is 9.84. The first-order chi connectivity index (χ1) is 14.6. The molecule has 0 heterocycles. The van der Waals surface area contributed by atoms with Crippen molar-refractivity contribution in [3.8, 4) is 11.5 Å². The second-order valence-electron chi connectivity index (χ2n) is 6.72. The first kappa shape index (κ1) is 22.4. The Morgan fingerprint density at radius 1 is 0.833 bits per heavy atom. The minimum atomic E-state index is -0.184. The summed E-state index contributed by atoms with van der Waals surface area (Å²) >= 11 is 12.7. The maximum atomic E-state index is 13.7. The second kappa shape index (κ2) is 11.2. The van der Waals surface area contributed by atoms with Gasteiger partial charge in [0.15, 0.2) is 11.5 Å². The van der Waals surface area contributed by atoms with Crippen LogP contribution in [0.1, 0.15) is 23.6 Å². The molecule has 30 heavy (non-hydrogen) atoms. The summed E-state index contributed by atoms with van der Waals surface area (Å²) in [7, 11) is 0. The highest BCUT2D eigenvalue weighted by Crippen LogP contribution is 2.34. The van der Waals surface area contributed by atoms with Crippen molar-refractivity contribution >= 4 is 23.2 Å². The van der Waals surface area contributed by atoms with Gasteiger partial charge in [0.25, 0.3) is 0 Å². The van der Waals surface area contributed by atoms with Gasteiger partial charge in [0.05, 0.1) is 6.61 Å². The van der Waals surface area contributed by atoms with E-state index in [1.165, 1.54) is 6.07 Å². The number of rotatable bonds is 10. The Bertz CT molecular complexity index is 981. The maximum absolute atomic E-state index is 13.7. The van der Waals surface area contributed by atoms with Gasteiger partial charge in [-0.2, -0.15) is 0 Å². The monoisotopic (exact) mass is 447 g/mol. The standard InChI is InChI=1S/C24H24Cl2FNO2/c1-2-29-23-13-19(15-28-12-11-17-7-4-6-10-22(17)27)21(26)14-24(23)30-16-18-8-3-5-9-20(18)25/h3-10,13-14,28H,2,11-12,15-16H2,1H3. The van der Waals surface area contributed by atoms with Gasteiger partial charge in [-0.1, -0.05) is 59.6 Å². The Labute approximate surface area is 186 Å². The molecule has 3 nitrogen and oxygen atoms in total. The normalized spacial score (nSPS) is 10.8. The molecule has 3 aromatic rings. The van der Waals surface area contributed by atoms with E-state index in [4.69, 9.17) is 32.7 Å². The lowest BCUT2D eigenvalue weighted by Gasteiger charge is -2.16. The summed E-state index contributed by atoms with van der Waals surface area (Å²) in [4.78, 5) is 0. The number of benzene rings is 3. The second-order valence-corrected chi connectivity index (χ2v) is 7.54. The summed E-state index contributed by atoms with van der Waals surface area (Å²) in [6.45, 7) is 3.91. The number of hydrogen-bond acceptors (Lipinski definition) is 3. The van der Waals surface area contributed by atoms with Crippen molar-refractivity contribution < 1.29 is 13.9 Å². The molecule has 0 saturated heterocycles. The Balaban J connectivity index is 1.63. The molecule has 0 radical (unpaired) electrons. The zero-order valence-corrected chi connectivity index (χ0v) is 18.3. The molecular formula is C24H24Cl2FNO2. The third-order valence-corrected chi connectivity index (χ3v) is 5.32. The van der Waals surface area contributed by atoms with Crippen molar-refractivity contribution in [3.05, 3.63) is 93.2 Å². The lowest BCUT2D eigenvalue weighted by molar-refractivity contribution is 0.269. The van der Waals surface area contributed by atoms with Gasteiger partial charge in [-0.3, -0.25) is 0 Å². The van der Waals surface area contributed by atoms with Crippen LogP contribution in [0.4, 0.5) is 4.39 Å². The van der Waals surface area contributed by atoms with Crippen LogP contribution < -0.4 is 14.8 Å².